The molecule has 150 valence electrons. The summed E-state index contributed by atoms with van der Waals surface area (Å²) in [7, 11) is 0. The third-order valence-corrected chi connectivity index (χ3v) is 5.92. The number of aryl methyl sites for hydroxylation is 2. The molecule has 1 fully saturated rings. The van der Waals surface area contributed by atoms with Crippen LogP contribution in [0.5, 0.6) is 0 Å². The SMILES string of the molecule is Cc1ccc(C2=C(N3CCOCC3)C(=O)N(Cc3ccccc3Cl)C2=O)cc1C. The molecule has 0 saturated carbocycles. The van der Waals surface area contributed by atoms with Crippen LogP contribution in [0.2, 0.25) is 5.02 Å². The van der Waals surface area contributed by atoms with Gasteiger partial charge >= 0.3 is 0 Å². The van der Waals surface area contributed by atoms with Crippen LogP contribution in [-0.4, -0.2) is 47.9 Å². The molecular formula is C23H23ClN2O3. The van der Waals surface area contributed by atoms with Gasteiger partial charge < -0.3 is 9.64 Å². The van der Waals surface area contributed by atoms with E-state index in [1.807, 2.05) is 55.1 Å². The van der Waals surface area contributed by atoms with Crippen molar-refractivity contribution in [3.8, 4) is 0 Å². The standard InChI is InChI=1S/C23H23ClN2O3/c1-15-7-8-17(13-16(15)2)20-21(25-9-11-29-12-10-25)23(28)26(22(20)27)14-18-5-3-4-6-19(18)24/h3-8,13H,9-12,14H2,1-2H3. The monoisotopic (exact) mass is 410 g/mol. The van der Waals surface area contributed by atoms with Crippen LogP contribution in [0.1, 0.15) is 22.3 Å². The van der Waals surface area contributed by atoms with E-state index in [1.165, 1.54) is 4.90 Å². The van der Waals surface area contributed by atoms with Gasteiger partial charge in [-0.3, -0.25) is 14.5 Å². The first kappa shape index (κ1) is 19.7. The van der Waals surface area contributed by atoms with Crippen LogP contribution in [-0.2, 0) is 20.9 Å². The Morgan fingerprint density at radius 3 is 2.38 bits per heavy atom. The van der Waals surface area contributed by atoms with Gasteiger partial charge in [-0.2, -0.15) is 0 Å². The zero-order valence-corrected chi connectivity index (χ0v) is 17.3. The van der Waals surface area contributed by atoms with Crippen LogP contribution in [0, 0.1) is 13.8 Å². The maximum Gasteiger partial charge on any atom is 0.278 e. The molecule has 0 radical (unpaired) electrons. The summed E-state index contributed by atoms with van der Waals surface area (Å²) in [6.07, 6.45) is 0. The molecule has 0 N–H and O–H groups in total. The highest BCUT2D eigenvalue weighted by atomic mass is 35.5. The van der Waals surface area contributed by atoms with Crippen molar-refractivity contribution in [1.29, 1.82) is 0 Å². The van der Waals surface area contributed by atoms with Gasteiger partial charge in [-0.25, -0.2) is 0 Å². The highest BCUT2D eigenvalue weighted by Gasteiger charge is 2.42. The lowest BCUT2D eigenvalue weighted by Gasteiger charge is -2.29. The van der Waals surface area contributed by atoms with E-state index in [4.69, 9.17) is 16.3 Å². The van der Waals surface area contributed by atoms with Crippen molar-refractivity contribution in [2.45, 2.75) is 20.4 Å². The summed E-state index contributed by atoms with van der Waals surface area (Å²) in [6.45, 7) is 6.44. The first-order chi connectivity index (χ1) is 14.0. The largest absolute Gasteiger partial charge is 0.378 e. The normalized spacial score (nSPS) is 17.5. The van der Waals surface area contributed by atoms with E-state index >= 15 is 0 Å². The number of benzene rings is 2. The summed E-state index contributed by atoms with van der Waals surface area (Å²) in [6, 6.07) is 13.2. The predicted molar refractivity (Wildman–Crippen MR) is 112 cm³/mol. The molecular weight excluding hydrogens is 388 g/mol. The lowest BCUT2D eigenvalue weighted by molar-refractivity contribution is -0.138. The molecule has 0 atom stereocenters. The minimum atomic E-state index is -0.278. The number of imide groups is 1. The van der Waals surface area contributed by atoms with Gasteiger partial charge in [0, 0.05) is 18.1 Å². The third-order valence-electron chi connectivity index (χ3n) is 5.55. The van der Waals surface area contributed by atoms with Crippen LogP contribution in [0.3, 0.4) is 0 Å². The van der Waals surface area contributed by atoms with Gasteiger partial charge in [0.2, 0.25) is 0 Å². The Bertz CT molecular complexity index is 1010. The lowest BCUT2D eigenvalue weighted by atomic mass is 9.99. The Morgan fingerprint density at radius 2 is 1.69 bits per heavy atom. The molecule has 29 heavy (non-hydrogen) atoms. The Kier molecular flexibility index (Phi) is 5.43. The Balaban J connectivity index is 1.77. The summed E-state index contributed by atoms with van der Waals surface area (Å²) in [5.41, 5.74) is 4.68. The molecule has 5 nitrogen and oxygen atoms in total. The highest BCUT2D eigenvalue weighted by molar-refractivity contribution is 6.35. The van der Waals surface area contributed by atoms with Crippen LogP contribution < -0.4 is 0 Å². The first-order valence-electron chi connectivity index (χ1n) is 9.71. The van der Waals surface area contributed by atoms with E-state index in [9.17, 15) is 9.59 Å². The number of nitrogens with zero attached hydrogens (tertiary/aromatic N) is 2. The zero-order valence-electron chi connectivity index (χ0n) is 16.6. The summed E-state index contributed by atoms with van der Waals surface area (Å²) in [5, 5.41) is 0.542. The van der Waals surface area contributed by atoms with Gasteiger partial charge in [-0.05, 0) is 42.2 Å². The molecule has 2 aliphatic rings. The molecule has 4 rings (SSSR count). The highest BCUT2D eigenvalue weighted by Crippen LogP contribution is 2.34. The van der Waals surface area contributed by atoms with Gasteiger partial charge in [0.15, 0.2) is 0 Å². The maximum absolute atomic E-state index is 13.4. The Hall–Kier alpha value is -2.63. The van der Waals surface area contributed by atoms with Crippen molar-refractivity contribution >= 4 is 29.0 Å². The number of carbonyl (C=O) groups is 2. The molecule has 2 aromatic rings. The van der Waals surface area contributed by atoms with Crippen LogP contribution in [0.25, 0.3) is 5.57 Å². The second kappa shape index (κ2) is 8.01. The number of amides is 2. The smallest absolute Gasteiger partial charge is 0.278 e. The predicted octanol–water partition coefficient (Wildman–Crippen LogP) is 3.57. The molecule has 2 amide bonds. The first-order valence-corrected chi connectivity index (χ1v) is 10.1. The summed E-state index contributed by atoms with van der Waals surface area (Å²) in [5.74, 6) is -0.551. The van der Waals surface area contributed by atoms with E-state index in [2.05, 4.69) is 0 Å². The second-order valence-corrected chi connectivity index (χ2v) is 7.82. The van der Waals surface area contributed by atoms with E-state index in [-0.39, 0.29) is 18.4 Å². The number of hydrogen-bond donors (Lipinski definition) is 0. The van der Waals surface area contributed by atoms with Crippen molar-refractivity contribution in [2.75, 3.05) is 26.3 Å². The fourth-order valence-electron chi connectivity index (χ4n) is 3.74. The van der Waals surface area contributed by atoms with Gasteiger partial charge in [0.25, 0.3) is 11.8 Å². The van der Waals surface area contributed by atoms with E-state index < -0.39 is 0 Å². The fraction of sp³-hybridized carbons (Fsp3) is 0.304. The molecule has 2 heterocycles. The zero-order chi connectivity index (χ0) is 20.5. The topological polar surface area (TPSA) is 49.9 Å². The number of hydrogen-bond acceptors (Lipinski definition) is 4. The molecule has 0 bridgehead atoms. The summed E-state index contributed by atoms with van der Waals surface area (Å²) in [4.78, 5) is 30.1. The Morgan fingerprint density at radius 1 is 0.966 bits per heavy atom. The maximum atomic E-state index is 13.4. The number of halogens is 1. The van der Waals surface area contributed by atoms with Gasteiger partial charge in [0.05, 0.1) is 25.3 Å². The molecule has 0 spiro atoms. The Labute approximate surface area is 175 Å². The summed E-state index contributed by atoms with van der Waals surface area (Å²) < 4.78 is 5.44. The van der Waals surface area contributed by atoms with E-state index in [0.29, 0.717) is 42.6 Å². The van der Waals surface area contributed by atoms with Crippen LogP contribution in [0.15, 0.2) is 48.2 Å². The number of ether oxygens (including phenoxy) is 1. The fourth-order valence-corrected chi connectivity index (χ4v) is 3.94. The van der Waals surface area contributed by atoms with Crippen molar-refractivity contribution < 1.29 is 14.3 Å². The van der Waals surface area contributed by atoms with Gasteiger partial charge in [-0.15, -0.1) is 0 Å². The molecule has 0 aliphatic carbocycles. The molecule has 0 aromatic heterocycles. The molecule has 0 unspecified atom stereocenters. The molecule has 1 saturated heterocycles. The molecule has 2 aromatic carbocycles. The summed E-state index contributed by atoms with van der Waals surface area (Å²) >= 11 is 6.28. The molecule has 2 aliphatic heterocycles. The minimum Gasteiger partial charge on any atom is -0.378 e. The van der Waals surface area contributed by atoms with Crippen molar-refractivity contribution in [1.82, 2.24) is 9.80 Å². The van der Waals surface area contributed by atoms with Crippen molar-refractivity contribution in [3.63, 3.8) is 0 Å². The number of carbonyl (C=O) groups excluding carboxylic acids is 2. The third kappa shape index (κ3) is 3.68. The average Bonchev–Trinajstić information content (AvgIpc) is 2.97. The van der Waals surface area contributed by atoms with Gasteiger partial charge in [0.1, 0.15) is 5.70 Å². The van der Waals surface area contributed by atoms with Crippen molar-refractivity contribution in [3.05, 3.63) is 75.4 Å². The lowest BCUT2D eigenvalue weighted by Crippen LogP contribution is -2.40. The average molecular weight is 411 g/mol. The van der Waals surface area contributed by atoms with Crippen LogP contribution >= 0.6 is 11.6 Å². The van der Waals surface area contributed by atoms with E-state index in [0.717, 1.165) is 22.3 Å². The second-order valence-electron chi connectivity index (χ2n) is 7.41. The van der Waals surface area contributed by atoms with Crippen LogP contribution in [0.4, 0.5) is 0 Å². The number of morpholine rings is 1. The molecule has 6 heteroatoms. The minimum absolute atomic E-state index is 0.152. The quantitative estimate of drug-likeness (QED) is 0.723. The van der Waals surface area contributed by atoms with Gasteiger partial charge in [-0.1, -0.05) is 48.0 Å². The number of rotatable bonds is 4. The van der Waals surface area contributed by atoms with E-state index in [1.54, 1.807) is 6.07 Å². The van der Waals surface area contributed by atoms with Crippen molar-refractivity contribution in [2.24, 2.45) is 0 Å².